The zero-order valence-corrected chi connectivity index (χ0v) is 16.5. The number of hydrogen-bond donors (Lipinski definition) is 2. The van der Waals surface area contributed by atoms with Gasteiger partial charge in [-0.25, -0.2) is 9.97 Å². The summed E-state index contributed by atoms with van der Waals surface area (Å²) in [6.07, 6.45) is 7.39. The van der Waals surface area contributed by atoms with Crippen LogP contribution in [0.2, 0.25) is 0 Å². The van der Waals surface area contributed by atoms with Gasteiger partial charge in [-0.1, -0.05) is 0 Å². The summed E-state index contributed by atoms with van der Waals surface area (Å²) in [5.74, 6) is 0.704. The smallest absolute Gasteiger partial charge is 0.251 e. The van der Waals surface area contributed by atoms with Crippen molar-refractivity contribution in [3.8, 4) is 0 Å². The zero-order valence-electron chi connectivity index (χ0n) is 16.5. The van der Waals surface area contributed by atoms with Crippen LogP contribution in [0.1, 0.15) is 61.4 Å². The molecule has 7 heteroatoms. The van der Waals surface area contributed by atoms with E-state index in [1.54, 1.807) is 12.5 Å². The summed E-state index contributed by atoms with van der Waals surface area (Å²) >= 11 is 0. The highest BCUT2D eigenvalue weighted by molar-refractivity contribution is 5.97. The van der Waals surface area contributed by atoms with E-state index in [0.29, 0.717) is 11.6 Å². The number of amides is 1. The van der Waals surface area contributed by atoms with Crippen LogP contribution in [0, 0.1) is 6.92 Å². The summed E-state index contributed by atoms with van der Waals surface area (Å²) < 4.78 is 4.09. The SMILES string of the molecule is Cc1nccn1[C@@H]1CCC[C@@H](NC(=O)c2ccc3c(c2)ncn3C(C)C)[C@H]1O. The summed E-state index contributed by atoms with van der Waals surface area (Å²) in [5, 5.41) is 13.9. The fourth-order valence-electron chi connectivity index (χ4n) is 4.19. The Bertz CT molecular complexity index is 990. The molecule has 0 spiro atoms. The molecule has 1 aliphatic carbocycles. The third kappa shape index (κ3) is 3.30. The quantitative estimate of drug-likeness (QED) is 0.727. The van der Waals surface area contributed by atoms with Crippen molar-refractivity contribution in [2.24, 2.45) is 0 Å². The highest BCUT2D eigenvalue weighted by Crippen LogP contribution is 2.30. The second-order valence-corrected chi connectivity index (χ2v) is 7.90. The van der Waals surface area contributed by atoms with Gasteiger partial charge in [0.15, 0.2) is 0 Å². The number of rotatable bonds is 4. The molecule has 2 N–H and O–H groups in total. The Hall–Kier alpha value is -2.67. The van der Waals surface area contributed by atoms with E-state index in [-0.39, 0.29) is 18.0 Å². The molecule has 3 atom stereocenters. The highest BCUT2D eigenvalue weighted by Gasteiger charge is 2.34. The van der Waals surface area contributed by atoms with E-state index in [4.69, 9.17) is 0 Å². The van der Waals surface area contributed by atoms with Crippen LogP contribution in [0.5, 0.6) is 0 Å². The lowest BCUT2D eigenvalue weighted by Gasteiger charge is -2.36. The number of aliphatic hydroxyl groups excluding tert-OH is 1. The Morgan fingerprint density at radius 2 is 2.11 bits per heavy atom. The van der Waals surface area contributed by atoms with Crippen molar-refractivity contribution in [2.75, 3.05) is 0 Å². The number of aromatic nitrogens is 4. The first-order valence-electron chi connectivity index (χ1n) is 9.90. The number of carbonyl (C=O) groups is 1. The van der Waals surface area contributed by atoms with Gasteiger partial charge in [-0.3, -0.25) is 4.79 Å². The molecular formula is C21H27N5O2. The van der Waals surface area contributed by atoms with Gasteiger partial charge in [0.05, 0.1) is 35.5 Å². The van der Waals surface area contributed by atoms with Crippen molar-refractivity contribution >= 4 is 16.9 Å². The maximum atomic E-state index is 12.8. The molecule has 28 heavy (non-hydrogen) atoms. The number of nitrogens with one attached hydrogen (secondary N) is 1. The summed E-state index contributed by atoms with van der Waals surface area (Å²) in [6, 6.07) is 5.54. The van der Waals surface area contributed by atoms with Crippen molar-refractivity contribution in [3.63, 3.8) is 0 Å². The lowest BCUT2D eigenvalue weighted by molar-refractivity contribution is 0.0392. The van der Waals surface area contributed by atoms with Gasteiger partial charge in [0, 0.05) is 24.0 Å². The lowest BCUT2D eigenvalue weighted by atomic mass is 9.87. The third-order valence-electron chi connectivity index (χ3n) is 5.75. The van der Waals surface area contributed by atoms with Crippen molar-refractivity contribution < 1.29 is 9.90 Å². The van der Waals surface area contributed by atoms with Gasteiger partial charge in [-0.05, 0) is 58.2 Å². The molecule has 1 aromatic carbocycles. The molecule has 4 rings (SSSR count). The molecule has 1 amide bonds. The second kappa shape index (κ2) is 7.39. The summed E-state index contributed by atoms with van der Waals surface area (Å²) in [6.45, 7) is 6.13. The van der Waals surface area contributed by atoms with E-state index in [2.05, 4.69) is 33.7 Å². The van der Waals surface area contributed by atoms with Gasteiger partial charge >= 0.3 is 0 Å². The number of aryl methyl sites for hydroxylation is 1. The van der Waals surface area contributed by atoms with E-state index in [1.807, 2.05) is 35.9 Å². The van der Waals surface area contributed by atoms with Gasteiger partial charge in [0.1, 0.15) is 5.82 Å². The van der Waals surface area contributed by atoms with Crippen molar-refractivity contribution in [1.29, 1.82) is 0 Å². The van der Waals surface area contributed by atoms with Crippen LogP contribution in [0.15, 0.2) is 36.9 Å². The minimum atomic E-state index is -0.644. The van der Waals surface area contributed by atoms with Gasteiger partial charge < -0.3 is 19.6 Å². The average Bonchev–Trinajstić information content (AvgIpc) is 3.29. The number of nitrogens with zero attached hydrogens (tertiary/aromatic N) is 4. The molecule has 148 valence electrons. The molecule has 0 bridgehead atoms. The van der Waals surface area contributed by atoms with Gasteiger partial charge in [-0.2, -0.15) is 0 Å². The predicted octanol–water partition coefficient (Wildman–Crippen LogP) is 3.01. The first-order chi connectivity index (χ1) is 13.5. The fraction of sp³-hybridized carbons (Fsp3) is 0.476. The van der Waals surface area contributed by atoms with Crippen LogP contribution >= 0.6 is 0 Å². The summed E-state index contributed by atoms with van der Waals surface area (Å²) in [7, 11) is 0. The maximum Gasteiger partial charge on any atom is 0.251 e. The average molecular weight is 381 g/mol. The minimum Gasteiger partial charge on any atom is -0.389 e. The molecule has 7 nitrogen and oxygen atoms in total. The van der Waals surface area contributed by atoms with Crippen LogP contribution in [0.3, 0.4) is 0 Å². The number of aliphatic hydroxyl groups is 1. The molecule has 2 aromatic heterocycles. The predicted molar refractivity (Wildman–Crippen MR) is 107 cm³/mol. The Morgan fingerprint density at radius 1 is 1.29 bits per heavy atom. The van der Waals surface area contributed by atoms with E-state index in [0.717, 1.165) is 36.1 Å². The number of benzene rings is 1. The molecule has 3 aromatic rings. The standard InChI is InChI=1S/C21H27N5O2/c1-13(2)26-12-23-17-11-15(7-8-18(17)26)21(28)24-16-5-4-6-19(20(16)27)25-10-9-22-14(25)3/h7-13,16,19-20,27H,4-6H2,1-3H3,(H,24,28)/t16-,19-,20-/m1/s1. The largest absolute Gasteiger partial charge is 0.389 e. The van der Waals surface area contributed by atoms with Crippen molar-refractivity contribution in [2.45, 2.75) is 64.3 Å². The molecule has 0 radical (unpaired) electrons. The normalized spacial score (nSPS) is 22.7. The molecule has 0 saturated heterocycles. The van der Waals surface area contributed by atoms with Crippen molar-refractivity contribution in [3.05, 3.63) is 48.3 Å². The number of imidazole rings is 2. The van der Waals surface area contributed by atoms with E-state index in [9.17, 15) is 9.90 Å². The van der Waals surface area contributed by atoms with Crippen LogP contribution in [0.25, 0.3) is 11.0 Å². The molecule has 2 heterocycles. The summed E-state index contributed by atoms with van der Waals surface area (Å²) in [4.78, 5) is 21.5. The van der Waals surface area contributed by atoms with Crippen LogP contribution in [-0.4, -0.2) is 42.3 Å². The van der Waals surface area contributed by atoms with Crippen LogP contribution < -0.4 is 5.32 Å². The lowest BCUT2D eigenvalue weighted by Crippen LogP contribution is -2.49. The van der Waals surface area contributed by atoms with Gasteiger partial charge in [0.25, 0.3) is 5.91 Å². The topological polar surface area (TPSA) is 85.0 Å². The number of carbonyl (C=O) groups excluding carboxylic acids is 1. The molecule has 1 fully saturated rings. The van der Waals surface area contributed by atoms with Crippen LogP contribution in [0.4, 0.5) is 0 Å². The first kappa shape index (κ1) is 18.7. The molecule has 1 aliphatic rings. The van der Waals surface area contributed by atoms with Crippen LogP contribution in [-0.2, 0) is 0 Å². The number of hydrogen-bond acceptors (Lipinski definition) is 4. The highest BCUT2D eigenvalue weighted by atomic mass is 16.3. The molecule has 1 saturated carbocycles. The Kier molecular flexibility index (Phi) is 4.93. The minimum absolute atomic E-state index is 0.0641. The van der Waals surface area contributed by atoms with Gasteiger partial charge in [0.2, 0.25) is 0 Å². The van der Waals surface area contributed by atoms with E-state index < -0.39 is 6.10 Å². The Morgan fingerprint density at radius 3 is 2.82 bits per heavy atom. The molecule has 0 unspecified atom stereocenters. The Balaban J connectivity index is 1.51. The zero-order chi connectivity index (χ0) is 19.8. The second-order valence-electron chi connectivity index (χ2n) is 7.90. The molecule has 0 aliphatic heterocycles. The Labute approximate surface area is 164 Å². The van der Waals surface area contributed by atoms with Gasteiger partial charge in [-0.15, -0.1) is 0 Å². The van der Waals surface area contributed by atoms with Crippen molar-refractivity contribution in [1.82, 2.24) is 24.4 Å². The number of fused-ring (bicyclic) bond motifs is 1. The fourth-order valence-corrected chi connectivity index (χ4v) is 4.19. The first-order valence-corrected chi connectivity index (χ1v) is 9.90. The maximum absolute atomic E-state index is 12.8. The monoisotopic (exact) mass is 381 g/mol. The molecular weight excluding hydrogens is 354 g/mol. The summed E-state index contributed by atoms with van der Waals surface area (Å²) in [5.41, 5.74) is 2.38. The van der Waals surface area contributed by atoms with E-state index in [1.165, 1.54) is 0 Å². The van der Waals surface area contributed by atoms with E-state index >= 15 is 0 Å². The third-order valence-corrected chi connectivity index (χ3v) is 5.75.